The van der Waals surface area contributed by atoms with E-state index in [9.17, 15) is 22.0 Å². The first-order valence-electron chi connectivity index (χ1n) is 10.9. The molecule has 0 aliphatic carbocycles. The van der Waals surface area contributed by atoms with Gasteiger partial charge in [0.05, 0.1) is 5.56 Å². The lowest BCUT2D eigenvalue weighted by Gasteiger charge is -2.32. The van der Waals surface area contributed by atoms with Gasteiger partial charge >= 0.3 is 6.18 Å². The van der Waals surface area contributed by atoms with Gasteiger partial charge in [-0.3, -0.25) is 0 Å². The summed E-state index contributed by atoms with van der Waals surface area (Å²) in [6.45, 7) is 3.34. The number of piperidine rings is 1. The monoisotopic (exact) mass is 489 g/mol. The van der Waals surface area contributed by atoms with Crippen LogP contribution in [0.5, 0.6) is 0 Å². The number of pyridine rings is 1. The van der Waals surface area contributed by atoms with E-state index in [1.54, 1.807) is 0 Å². The van der Waals surface area contributed by atoms with E-state index in [1.165, 1.54) is 12.4 Å². The average molecular weight is 489 g/mol. The molecule has 0 saturated carbocycles. The van der Waals surface area contributed by atoms with Crippen LogP contribution in [0, 0.1) is 18.6 Å². The summed E-state index contributed by atoms with van der Waals surface area (Å²) in [7, 11) is 0. The summed E-state index contributed by atoms with van der Waals surface area (Å²) in [6.07, 6.45) is -0.829. The van der Waals surface area contributed by atoms with Gasteiger partial charge in [-0.05, 0) is 43.5 Å². The number of fused-ring (bicyclic) bond motifs is 1. The maximum Gasteiger partial charge on any atom is 0.417 e. The Morgan fingerprint density at radius 1 is 1.00 bits per heavy atom. The van der Waals surface area contributed by atoms with Gasteiger partial charge in [0.15, 0.2) is 17.3 Å². The number of aromatic nitrogens is 5. The van der Waals surface area contributed by atoms with Crippen LogP contribution in [0.3, 0.4) is 0 Å². The molecule has 182 valence electrons. The Morgan fingerprint density at radius 3 is 2.46 bits per heavy atom. The lowest BCUT2D eigenvalue weighted by Crippen LogP contribution is -2.39. The number of nitrogens with one attached hydrogen (secondary N) is 1. The van der Waals surface area contributed by atoms with E-state index in [-0.39, 0.29) is 28.8 Å². The topological polar surface area (TPSA) is 71.2 Å². The first-order chi connectivity index (χ1) is 16.7. The Hall–Kier alpha value is -3.83. The molecule has 1 aromatic carbocycles. The molecular formula is C23H20F5N7. The van der Waals surface area contributed by atoms with Crippen molar-refractivity contribution in [2.24, 2.45) is 0 Å². The molecular weight excluding hydrogens is 469 g/mol. The zero-order valence-electron chi connectivity index (χ0n) is 18.5. The van der Waals surface area contributed by atoms with Gasteiger partial charge in [0.2, 0.25) is 5.95 Å². The lowest BCUT2D eigenvalue weighted by molar-refractivity contribution is -0.137. The average Bonchev–Trinajstić information content (AvgIpc) is 3.22. The first-order valence-corrected chi connectivity index (χ1v) is 10.9. The number of hydrogen-bond donors (Lipinski definition) is 1. The van der Waals surface area contributed by atoms with Gasteiger partial charge in [-0.15, -0.1) is 5.10 Å². The smallest absolute Gasteiger partial charge is 0.356 e. The van der Waals surface area contributed by atoms with Crippen molar-refractivity contribution < 1.29 is 22.0 Å². The normalized spacial score (nSPS) is 15.1. The summed E-state index contributed by atoms with van der Waals surface area (Å²) < 4.78 is 68.8. The lowest BCUT2D eigenvalue weighted by atomic mass is 10.0. The van der Waals surface area contributed by atoms with Crippen molar-refractivity contribution in [1.82, 2.24) is 24.6 Å². The molecule has 0 amide bonds. The van der Waals surface area contributed by atoms with Crippen molar-refractivity contribution in [2.75, 3.05) is 23.3 Å². The maximum absolute atomic E-state index is 13.8. The molecule has 5 rings (SSSR count). The number of anilines is 2. The van der Waals surface area contributed by atoms with Crippen LogP contribution in [0.1, 0.15) is 24.1 Å². The maximum atomic E-state index is 13.8. The Labute approximate surface area is 196 Å². The third-order valence-corrected chi connectivity index (χ3v) is 5.93. The number of alkyl halides is 3. The number of hydrogen-bond acceptors (Lipinski definition) is 6. The number of rotatable bonds is 4. The quantitative estimate of drug-likeness (QED) is 0.413. The Kier molecular flexibility index (Phi) is 5.73. The van der Waals surface area contributed by atoms with Crippen LogP contribution in [0.25, 0.3) is 16.8 Å². The second-order valence-corrected chi connectivity index (χ2v) is 8.40. The van der Waals surface area contributed by atoms with Crippen molar-refractivity contribution in [2.45, 2.75) is 32.0 Å². The van der Waals surface area contributed by atoms with Crippen molar-refractivity contribution in [3.8, 4) is 11.1 Å². The van der Waals surface area contributed by atoms with Crippen molar-refractivity contribution in [1.29, 1.82) is 0 Å². The molecule has 0 bridgehead atoms. The van der Waals surface area contributed by atoms with Gasteiger partial charge in [0.25, 0.3) is 0 Å². The van der Waals surface area contributed by atoms with E-state index in [1.807, 2.05) is 13.0 Å². The molecule has 35 heavy (non-hydrogen) atoms. The molecule has 4 heterocycles. The highest BCUT2D eigenvalue weighted by molar-refractivity contribution is 5.78. The van der Waals surface area contributed by atoms with E-state index in [0.29, 0.717) is 0 Å². The van der Waals surface area contributed by atoms with Gasteiger partial charge < -0.3 is 10.2 Å². The third kappa shape index (κ3) is 4.73. The van der Waals surface area contributed by atoms with Gasteiger partial charge in [-0.2, -0.15) is 18.2 Å². The fourth-order valence-corrected chi connectivity index (χ4v) is 4.13. The zero-order valence-corrected chi connectivity index (χ0v) is 18.5. The summed E-state index contributed by atoms with van der Waals surface area (Å²) in [5.41, 5.74) is 0.0508. The summed E-state index contributed by atoms with van der Waals surface area (Å²) in [5.74, 6) is -1.26. The van der Waals surface area contributed by atoms with E-state index < -0.39 is 23.4 Å². The first kappa shape index (κ1) is 22.9. The summed E-state index contributed by atoms with van der Waals surface area (Å²) in [5, 5.41) is 7.38. The SMILES string of the molecule is Cc1cc(N2CCC(Nc3nc4c(-c5ccc(F)c(F)c5)cc(C(F)(F)F)cn4n3)CC2)ncn1. The second-order valence-electron chi connectivity index (χ2n) is 8.40. The fraction of sp³-hybridized carbons (Fsp3) is 0.304. The third-order valence-electron chi connectivity index (χ3n) is 5.93. The van der Waals surface area contributed by atoms with Crippen molar-refractivity contribution in [3.05, 3.63) is 65.7 Å². The van der Waals surface area contributed by atoms with E-state index in [0.717, 1.165) is 66.4 Å². The molecule has 0 atom stereocenters. The highest BCUT2D eigenvalue weighted by Crippen LogP contribution is 2.35. The number of benzene rings is 1. The number of aryl methyl sites for hydroxylation is 1. The summed E-state index contributed by atoms with van der Waals surface area (Å²) in [6, 6.07) is 5.69. The van der Waals surface area contributed by atoms with Crippen LogP contribution in [-0.4, -0.2) is 43.7 Å². The zero-order chi connectivity index (χ0) is 24.7. The van der Waals surface area contributed by atoms with Crippen LogP contribution < -0.4 is 10.2 Å². The van der Waals surface area contributed by atoms with Crippen molar-refractivity contribution >= 4 is 17.4 Å². The minimum atomic E-state index is -4.66. The van der Waals surface area contributed by atoms with E-state index in [4.69, 9.17) is 0 Å². The largest absolute Gasteiger partial charge is 0.417 e. The molecule has 0 spiro atoms. The summed E-state index contributed by atoms with van der Waals surface area (Å²) in [4.78, 5) is 14.9. The molecule has 12 heteroatoms. The highest BCUT2D eigenvalue weighted by Gasteiger charge is 2.33. The molecule has 1 aliphatic rings. The number of halogens is 5. The van der Waals surface area contributed by atoms with Crippen LogP contribution in [0.4, 0.5) is 33.7 Å². The van der Waals surface area contributed by atoms with E-state index in [2.05, 4.69) is 30.3 Å². The molecule has 0 radical (unpaired) electrons. The van der Waals surface area contributed by atoms with Crippen molar-refractivity contribution in [3.63, 3.8) is 0 Å². The Balaban J connectivity index is 1.41. The van der Waals surface area contributed by atoms with Crippen LogP contribution in [0.15, 0.2) is 42.9 Å². The Morgan fingerprint density at radius 2 is 1.77 bits per heavy atom. The molecule has 7 nitrogen and oxygen atoms in total. The fourth-order valence-electron chi connectivity index (χ4n) is 4.13. The molecule has 3 aromatic heterocycles. The second kappa shape index (κ2) is 8.75. The van der Waals surface area contributed by atoms with E-state index >= 15 is 0 Å². The minimum Gasteiger partial charge on any atom is -0.356 e. The Bertz CT molecular complexity index is 1380. The van der Waals surface area contributed by atoms with Crippen LogP contribution >= 0.6 is 0 Å². The van der Waals surface area contributed by atoms with Gasteiger partial charge in [-0.1, -0.05) is 6.07 Å². The van der Waals surface area contributed by atoms with Gasteiger partial charge in [0.1, 0.15) is 12.1 Å². The predicted octanol–water partition coefficient (Wildman–Crippen LogP) is 4.87. The highest BCUT2D eigenvalue weighted by atomic mass is 19.4. The predicted molar refractivity (Wildman–Crippen MR) is 119 cm³/mol. The molecule has 4 aromatic rings. The minimum absolute atomic E-state index is 0.000369. The molecule has 1 N–H and O–H groups in total. The van der Waals surface area contributed by atoms with Crippen LogP contribution in [-0.2, 0) is 6.18 Å². The molecule has 0 unspecified atom stereocenters. The molecule has 1 aliphatic heterocycles. The summed E-state index contributed by atoms with van der Waals surface area (Å²) >= 11 is 0. The standard InChI is InChI=1S/C23H20F5N7/c1-13-8-20(30-12-29-13)34-6-4-16(5-7-34)31-22-32-21-17(14-2-3-18(24)19(25)9-14)10-15(23(26,27)28)11-35(21)33-22/h2-3,8-12,16H,4-7H2,1H3,(H,31,33). The van der Waals surface area contributed by atoms with Gasteiger partial charge in [0, 0.05) is 42.7 Å². The number of nitrogens with zero attached hydrogens (tertiary/aromatic N) is 6. The molecule has 1 saturated heterocycles. The molecule has 1 fully saturated rings. The van der Waals surface area contributed by atoms with Crippen LogP contribution in [0.2, 0.25) is 0 Å². The van der Waals surface area contributed by atoms with Gasteiger partial charge in [-0.25, -0.2) is 23.3 Å².